The summed E-state index contributed by atoms with van der Waals surface area (Å²) in [5, 5.41) is 3.92. The van der Waals surface area contributed by atoms with Gasteiger partial charge < -0.3 is 11.1 Å². The number of nitrogens with two attached hydrogens (primary N) is 1. The van der Waals surface area contributed by atoms with Crippen molar-refractivity contribution in [2.24, 2.45) is 11.1 Å². The minimum atomic E-state index is -0.557. The van der Waals surface area contributed by atoms with Crippen LogP contribution in [0.2, 0.25) is 0 Å². The van der Waals surface area contributed by atoms with E-state index < -0.39 is 5.41 Å². The Balaban J connectivity index is 2.24. The molecular formula is C13H17N3OS. The molecule has 1 aromatic heterocycles. The van der Waals surface area contributed by atoms with Crippen molar-refractivity contribution in [2.75, 3.05) is 11.9 Å². The van der Waals surface area contributed by atoms with Crippen LogP contribution in [0.5, 0.6) is 0 Å². The van der Waals surface area contributed by atoms with Crippen LogP contribution in [-0.4, -0.2) is 17.4 Å². The summed E-state index contributed by atoms with van der Waals surface area (Å²) in [5.74, 6) is -0.0643. The Morgan fingerprint density at radius 2 is 2.22 bits per heavy atom. The molecule has 0 aliphatic heterocycles. The first kappa shape index (κ1) is 13.0. The standard InChI is InChI=1S/C13H17N3OS/c1-8-15-10-5-4-9(6-11(10)18-8)16-12(17)13(2,3)7-14/h4-6H,7,14H2,1-3H3,(H,16,17). The second-order valence-corrected chi connectivity index (χ2v) is 6.19. The van der Waals surface area contributed by atoms with Crippen molar-refractivity contribution in [3.05, 3.63) is 23.2 Å². The molecule has 1 aromatic carbocycles. The molecule has 0 radical (unpaired) electrons. The molecule has 0 aliphatic rings. The van der Waals surface area contributed by atoms with Crippen LogP contribution < -0.4 is 11.1 Å². The number of nitrogens with zero attached hydrogens (tertiary/aromatic N) is 1. The Labute approximate surface area is 110 Å². The van der Waals surface area contributed by atoms with E-state index in [0.717, 1.165) is 20.9 Å². The first-order valence-corrected chi connectivity index (χ1v) is 6.63. The van der Waals surface area contributed by atoms with E-state index in [4.69, 9.17) is 5.73 Å². The van der Waals surface area contributed by atoms with Gasteiger partial charge in [-0.25, -0.2) is 4.98 Å². The van der Waals surface area contributed by atoms with E-state index in [1.165, 1.54) is 0 Å². The van der Waals surface area contributed by atoms with Gasteiger partial charge in [0.05, 0.1) is 20.6 Å². The molecule has 1 amide bonds. The number of anilines is 1. The van der Waals surface area contributed by atoms with Crippen LogP contribution in [-0.2, 0) is 4.79 Å². The quantitative estimate of drug-likeness (QED) is 0.894. The van der Waals surface area contributed by atoms with Gasteiger partial charge in [-0.05, 0) is 39.0 Å². The van der Waals surface area contributed by atoms with Crippen molar-refractivity contribution in [3.63, 3.8) is 0 Å². The Bertz CT molecular complexity index is 589. The van der Waals surface area contributed by atoms with Crippen LogP contribution in [0.3, 0.4) is 0 Å². The number of nitrogens with one attached hydrogen (secondary N) is 1. The third kappa shape index (κ3) is 2.52. The normalized spacial score (nSPS) is 11.8. The fraction of sp³-hybridized carbons (Fsp3) is 0.385. The monoisotopic (exact) mass is 263 g/mol. The summed E-state index contributed by atoms with van der Waals surface area (Å²) in [5.41, 5.74) is 6.78. The molecule has 2 rings (SSSR count). The molecule has 0 atom stereocenters. The Morgan fingerprint density at radius 3 is 2.89 bits per heavy atom. The number of hydrogen-bond donors (Lipinski definition) is 2. The maximum Gasteiger partial charge on any atom is 0.231 e. The highest BCUT2D eigenvalue weighted by molar-refractivity contribution is 7.18. The number of aromatic nitrogens is 1. The number of carbonyl (C=O) groups is 1. The zero-order chi connectivity index (χ0) is 13.3. The van der Waals surface area contributed by atoms with Crippen molar-refractivity contribution < 1.29 is 4.79 Å². The molecule has 1 heterocycles. The molecule has 3 N–H and O–H groups in total. The lowest BCUT2D eigenvalue weighted by Crippen LogP contribution is -2.37. The fourth-order valence-corrected chi connectivity index (χ4v) is 2.38. The van der Waals surface area contributed by atoms with Crippen molar-refractivity contribution in [3.8, 4) is 0 Å². The lowest BCUT2D eigenvalue weighted by Gasteiger charge is -2.21. The molecule has 18 heavy (non-hydrogen) atoms. The number of amides is 1. The van der Waals surface area contributed by atoms with E-state index in [1.807, 2.05) is 39.0 Å². The Morgan fingerprint density at radius 1 is 1.50 bits per heavy atom. The van der Waals surface area contributed by atoms with Crippen LogP contribution in [0.15, 0.2) is 18.2 Å². The molecular weight excluding hydrogens is 246 g/mol. The summed E-state index contributed by atoms with van der Waals surface area (Å²) >= 11 is 1.62. The lowest BCUT2D eigenvalue weighted by atomic mass is 9.92. The Kier molecular flexibility index (Phi) is 3.36. The molecule has 4 nitrogen and oxygen atoms in total. The lowest BCUT2D eigenvalue weighted by molar-refractivity contribution is -0.123. The minimum Gasteiger partial charge on any atom is -0.329 e. The maximum absolute atomic E-state index is 12.0. The van der Waals surface area contributed by atoms with Crippen molar-refractivity contribution >= 4 is 33.1 Å². The van der Waals surface area contributed by atoms with Crippen molar-refractivity contribution in [1.82, 2.24) is 4.98 Å². The van der Waals surface area contributed by atoms with Crippen LogP contribution in [0.25, 0.3) is 10.2 Å². The topological polar surface area (TPSA) is 68.0 Å². The molecule has 5 heteroatoms. The smallest absolute Gasteiger partial charge is 0.231 e. The van der Waals surface area contributed by atoms with Gasteiger partial charge in [0.25, 0.3) is 0 Å². The number of hydrogen-bond acceptors (Lipinski definition) is 4. The van der Waals surface area contributed by atoms with E-state index >= 15 is 0 Å². The van der Waals surface area contributed by atoms with Gasteiger partial charge in [0.2, 0.25) is 5.91 Å². The van der Waals surface area contributed by atoms with Gasteiger partial charge in [-0.2, -0.15) is 0 Å². The molecule has 0 bridgehead atoms. The van der Waals surface area contributed by atoms with Gasteiger partial charge in [0, 0.05) is 12.2 Å². The van der Waals surface area contributed by atoms with Gasteiger partial charge in [-0.3, -0.25) is 4.79 Å². The minimum absolute atomic E-state index is 0.0643. The highest BCUT2D eigenvalue weighted by Gasteiger charge is 2.25. The van der Waals surface area contributed by atoms with Crippen LogP contribution in [0, 0.1) is 12.3 Å². The van der Waals surface area contributed by atoms with Gasteiger partial charge in [-0.15, -0.1) is 11.3 Å². The zero-order valence-corrected chi connectivity index (χ0v) is 11.6. The summed E-state index contributed by atoms with van der Waals surface area (Å²) in [6, 6.07) is 5.74. The van der Waals surface area contributed by atoms with E-state index in [1.54, 1.807) is 11.3 Å². The zero-order valence-electron chi connectivity index (χ0n) is 10.8. The first-order chi connectivity index (χ1) is 8.42. The first-order valence-electron chi connectivity index (χ1n) is 5.81. The molecule has 0 saturated carbocycles. The molecule has 2 aromatic rings. The van der Waals surface area contributed by atoms with Gasteiger partial charge in [-0.1, -0.05) is 0 Å². The molecule has 0 unspecified atom stereocenters. The summed E-state index contributed by atoms with van der Waals surface area (Å²) in [7, 11) is 0. The molecule has 0 fully saturated rings. The highest BCUT2D eigenvalue weighted by Crippen LogP contribution is 2.25. The van der Waals surface area contributed by atoms with Crippen LogP contribution in [0.4, 0.5) is 5.69 Å². The predicted octanol–water partition coefficient (Wildman–Crippen LogP) is 2.53. The number of thiazole rings is 1. The second-order valence-electron chi connectivity index (χ2n) is 4.96. The van der Waals surface area contributed by atoms with Crippen molar-refractivity contribution in [1.29, 1.82) is 0 Å². The second kappa shape index (κ2) is 4.66. The molecule has 0 saturated heterocycles. The van der Waals surface area contributed by atoms with E-state index in [2.05, 4.69) is 10.3 Å². The van der Waals surface area contributed by atoms with Crippen LogP contribution in [0.1, 0.15) is 18.9 Å². The van der Waals surface area contributed by atoms with E-state index in [-0.39, 0.29) is 5.91 Å². The third-order valence-electron chi connectivity index (χ3n) is 2.88. The molecule has 0 spiro atoms. The maximum atomic E-state index is 12.0. The highest BCUT2D eigenvalue weighted by atomic mass is 32.1. The number of carbonyl (C=O) groups excluding carboxylic acids is 1. The Hall–Kier alpha value is -1.46. The number of rotatable bonds is 3. The van der Waals surface area contributed by atoms with Gasteiger partial charge in [0.15, 0.2) is 0 Å². The average Bonchev–Trinajstić information content (AvgIpc) is 2.68. The summed E-state index contributed by atoms with van der Waals surface area (Å²) in [6.45, 7) is 5.95. The summed E-state index contributed by atoms with van der Waals surface area (Å²) in [6.07, 6.45) is 0. The number of aryl methyl sites for hydroxylation is 1. The van der Waals surface area contributed by atoms with Gasteiger partial charge >= 0.3 is 0 Å². The number of benzene rings is 1. The SMILES string of the molecule is Cc1nc2ccc(NC(=O)C(C)(C)CN)cc2s1. The predicted molar refractivity (Wildman–Crippen MR) is 75.8 cm³/mol. The summed E-state index contributed by atoms with van der Waals surface area (Å²) in [4.78, 5) is 16.4. The van der Waals surface area contributed by atoms with Crippen LogP contribution >= 0.6 is 11.3 Å². The van der Waals surface area contributed by atoms with E-state index in [0.29, 0.717) is 6.54 Å². The largest absolute Gasteiger partial charge is 0.329 e. The fourth-order valence-electron chi connectivity index (χ4n) is 1.51. The van der Waals surface area contributed by atoms with Crippen molar-refractivity contribution in [2.45, 2.75) is 20.8 Å². The molecule has 96 valence electrons. The summed E-state index contributed by atoms with van der Waals surface area (Å²) < 4.78 is 1.08. The van der Waals surface area contributed by atoms with Gasteiger partial charge in [0.1, 0.15) is 0 Å². The molecule has 0 aliphatic carbocycles. The third-order valence-corrected chi connectivity index (χ3v) is 3.81. The number of fused-ring (bicyclic) bond motifs is 1. The van der Waals surface area contributed by atoms with E-state index in [9.17, 15) is 4.79 Å². The average molecular weight is 263 g/mol.